The summed E-state index contributed by atoms with van der Waals surface area (Å²) in [4.78, 5) is 0. The third kappa shape index (κ3) is 3.08. The largest absolute Gasteiger partial charge is 0.147 e. The Morgan fingerprint density at radius 2 is 1.42 bits per heavy atom. The van der Waals surface area contributed by atoms with Crippen LogP contribution in [0.4, 0.5) is 4.20 Å². The van der Waals surface area contributed by atoms with E-state index in [9.17, 15) is 4.20 Å². The van der Waals surface area contributed by atoms with Crippen molar-refractivity contribution in [2.75, 3.05) is 20.0 Å². The van der Waals surface area contributed by atoms with Gasteiger partial charge in [-0.25, -0.2) is 0 Å². The van der Waals surface area contributed by atoms with Crippen molar-refractivity contribution in [1.82, 2.24) is 0 Å². The van der Waals surface area contributed by atoms with Crippen LogP contribution in [0.2, 0.25) is 0 Å². The molecule has 12 heavy (non-hydrogen) atoms. The molecule has 1 rings (SSSR count). The fourth-order valence-electron chi connectivity index (χ4n) is 0.932. The van der Waals surface area contributed by atoms with Crippen molar-refractivity contribution in [3.8, 4) is 0 Å². The van der Waals surface area contributed by atoms with Crippen molar-refractivity contribution in [1.29, 1.82) is 0 Å². The van der Waals surface area contributed by atoms with Gasteiger partial charge in [-0.05, 0) is 0 Å². The third-order valence-corrected chi connectivity index (χ3v) is 3.67. The van der Waals surface area contributed by atoms with Gasteiger partial charge in [-0.3, -0.25) is 0 Å². The van der Waals surface area contributed by atoms with Gasteiger partial charge in [0.05, 0.1) is 0 Å². The van der Waals surface area contributed by atoms with Crippen LogP contribution in [0.5, 0.6) is 0 Å². The van der Waals surface area contributed by atoms with Crippen LogP contribution in [-0.4, -0.2) is 20.0 Å². The zero-order chi connectivity index (χ0) is 8.56. The summed E-state index contributed by atoms with van der Waals surface area (Å²) in [5.41, 5.74) is 0. The topological polar surface area (TPSA) is 0 Å². The summed E-state index contributed by atoms with van der Waals surface area (Å²) >= 11 is 0. The molecule has 0 radical (unpaired) electrons. The van der Waals surface area contributed by atoms with Crippen molar-refractivity contribution in [3.05, 3.63) is 30.3 Å². The Bertz CT molecular complexity index is 241. The first-order valence-corrected chi connectivity index (χ1v) is 7.11. The zero-order valence-corrected chi connectivity index (χ0v) is 9.33. The van der Waals surface area contributed by atoms with E-state index in [0.717, 1.165) is 5.30 Å². The van der Waals surface area contributed by atoms with Gasteiger partial charge in [0.25, 0.3) is 0 Å². The van der Waals surface area contributed by atoms with Crippen molar-refractivity contribution in [3.63, 3.8) is 0 Å². The van der Waals surface area contributed by atoms with Crippen LogP contribution < -0.4 is 5.30 Å². The first-order valence-electron chi connectivity index (χ1n) is 3.64. The quantitative estimate of drug-likeness (QED) is 0.623. The molecule has 0 saturated heterocycles. The molecule has 0 aromatic heterocycles. The molecule has 0 unspecified atom stereocenters. The van der Waals surface area contributed by atoms with Gasteiger partial charge >= 0.3 is 66.7 Å². The van der Waals surface area contributed by atoms with Gasteiger partial charge in [-0.1, -0.05) is 0 Å². The molecular formula is C9H15ClFP. The van der Waals surface area contributed by atoms with Crippen LogP contribution in [0.25, 0.3) is 0 Å². The van der Waals surface area contributed by atoms with Gasteiger partial charge in [-0.15, -0.1) is 12.4 Å². The Hall–Kier alpha value is -0.130. The van der Waals surface area contributed by atoms with Crippen molar-refractivity contribution < 1.29 is 4.20 Å². The first-order chi connectivity index (χ1) is 4.86. The van der Waals surface area contributed by atoms with Crippen LogP contribution in [0.1, 0.15) is 0 Å². The maximum atomic E-state index is 13.9. The van der Waals surface area contributed by atoms with E-state index in [1.54, 1.807) is 20.0 Å². The van der Waals surface area contributed by atoms with Gasteiger partial charge in [0.2, 0.25) is 0 Å². The second-order valence-electron chi connectivity index (χ2n) is 3.94. The normalized spacial score (nSPS) is 14.2. The van der Waals surface area contributed by atoms with E-state index >= 15 is 0 Å². The fraction of sp³-hybridized carbons (Fsp3) is 0.333. The molecule has 0 bridgehead atoms. The van der Waals surface area contributed by atoms with Crippen LogP contribution in [0, 0.1) is 0 Å². The molecule has 0 aliphatic rings. The number of hydrogen-bond donors (Lipinski definition) is 0. The summed E-state index contributed by atoms with van der Waals surface area (Å²) in [6, 6.07) is 9.39. The molecule has 0 aliphatic carbocycles. The maximum absolute atomic E-state index is 13.9. The molecule has 0 aliphatic heterocycles. The number of halogens is 2. The van der Waals surface area contributed by atoms with Gasteiger partial charge in [0.15, 0.2) is 0 Å². The predicted octanol–water partition coefficient (Wildman–Crippen LogP) is 3.06. The van der Waals surface area contributed by atoms with Gasteiger partial charge < -0.3 is 0 Å². The Kier molecular flexibility index (Phi) is 3.28. The molecule has 0 N–H and O–H groups in total. The number of hydrogen-bond acceptors (Lipinski definition) is 0. The molecule has 1 aromatic rings. The molecule has 0 amide bonds. The van der Waals surface area contributed by atoms with Crippen molar-refractivity contribution in [2.24, 2.45) is 0 Å². The van der Waals surface area contributed by atoms with E-state index < -0.39 is 6.91 Å². The molecule has 0 spiro atoms. The average molecular weight is 209 g/mol. The maximum Gasteiger partial charge on any atom is -0.147 e. The molecule has 0 saturated carbocycles. The fourth-order valence-corrected chi connectivity index (χ4v) is 2.11. The molecule has 1 aromatic carbocycles. The Morgan fingerprint density at radius 3 is 1.67 bits per heavy atom. The van der Waals surface area contributed by atoms with Crippen LogP contribution in [0.3, 0.4) is 0 Å². The van der Waals surface area contributed by atoms with Gasteiger partial charge in [0, 0.05) is 0 Å². The zero-order valence-electron chi connectivity index (χ0n) is 7.62. The Balaban J connectivity index is 0.00000121. The number of rotatable bonds is 1. The second kappa shape index (κ2) is 3.32. The van der Waals surface area contributed by atoms with E-state index in [2.05, 4.69) is 0 Å². The Labute approximate surface area is 79.6 Å². The van der Waals surface area contributed by atoms with E-state index in [-0.39, 0.29) is 12.4 Å². The molecular weight excluding hydrogens is 194 g/mol. The minimum absolute atomic E-state index is 0. The molecule has 0 atom stereocenters. The molecule has 0 heterocycles. The monoisotopic (exact) mass is 208 g/mol. The van der Waals surface area contributed by atoms with Gasteiger partial charge in [-0.2, -0.15) is 0 Å². The smallest absolute Gasteiger partial charge is 0.147 e. The molecule has 3 heteroatoms. The van der Waals surface area contributed by atoms with E-state index in [0.29, 0.717) is 0 Å². The van der Waals surface area contributed by atoms with Crippen LogP contribution in [-0.2, 0) is 0 Å². The minimum Gasteiger partial charge on any atom is -0.147 e. The SMILES string of the molecule is CP(C)(C)(F)c1ccccc1.Cl. The van der Waals surface area contributed by atoms with E-state index in [1.807, 2.05) is 30.3 Å². The first kappa shape index (κ1) is 11.9. The number of benzene rings is 1. The standard InChI is InChI=1S/C9H14FP.ClH/c1-11(2,3,10)9-7-5-4-6-8-9;/h4-8H,1-3H3;1H. The average Bonchev–Trinajstić information content (AvgIpc) is 1.86. The Morgan fingerprint density at radius 1 is 1.00 bits per heavy atom. The summed E-state index contributed by atoms with van der Waals surface area (Å²) in [7, 11) is 0. The van der Waals surface area contributed by atoms with Crippen LogP contribution >= 0.6 is 19.3 Å². The van der Waals surface area contributed by atoms with E-state index in [1.165, 1.54) is 0 Å². The molecule has 0 fully saturated rings. The van der Waals surface area contributed by atoms with Crippen LogP contribution in [0.15, 0.2) is 30.3 Å². The van der Waals surface area contributed by atoms with E-state index in [4.69, 9.17) is 0 Å². The van der Waals surface area contributed by atoms with Gasteiger partial charge in [0.1, 0.15) is 0 Å². The summed E-state index contributed by atoms with van der Waals surface area (Å²) in [5.74, 6) is 0. The molecule has 0 nitrogen and oxygen atoms in total. The van der Waals surface area contributed by atoms with Crippen molar-refractivity contribution in [2.45, 2.75) is 0 Å². The summed E-state index contributed by atoms with van der Waals surface area (Å²) in [6.45, 7) is 2.14. The summed E-state index contributed by atoms with van der Waals surface area (Å²) in [5, 5.41) is 0.846. The van der Waals surface area contributed by atoms with Crippen molar-refractivity contribution >= 4 is 24.6 Å². The second-order valence-corrected chi connectivity index (χ2v) is 9.66. The third-order valence-electron chi connectivity index (χ3n) is 1.63. The minimum atomic E-state index is -2.99. The predicted molar refractivity (Wildman–Crippen MR) is 59.1 cm³/mol. The summed E-state index contributed by atoms with van der Waals surface area (Å²) in [6.07, 6.45) is 0. The molecule has 70 valence electrons. The summed E-state index contributed by atoms with van der Waals surface area (Å²) < 4.78 is 13.9.